The second-order valence-electron chi connectivity index (χ2n) is 8.76. The quantitative estimate of drug-likeness (QED) is 0.329. The molecule has 0 aliphatic heterocycles. The van der Waals surface area contributed by atoms with Crippen molar-refractivity contribution in [2.45, 2.75) is 39.3 Å². The van der Waals surface area contributed by atoms with Gasteiger partial charge < -0.3 is 28.4 Å². The highest BCUT2D eigenvalue weighted by Gasteiger charge is 2.26. The van der Waals surface area contributed by atoms with Crippen molar-refractivity contribution in [1.29, 1.82) is 0 Å². The molecule has 2 amide bonds. The molecule has 0 saturated carbocycles. The number of furan rings is 1. The van der Waals surface area contributed by atoms with Crippen molar-refractivity contribution < 1.29 is 28.2 Å². The SMILES string of the molecule is CCC(C)N(CC(=O)N(CCc1ccc(OC)c(OC)c1)Cc1ccco1)C(=O)c1cccc(OC)c1. The Labute approximate surface area is 218 Å². The Kier molecular flexibility index (Phi) is 10.0. The minimum absolute atomic E-state index is 0.0440. The summed E-state index contributed by atoms with van der Waals surface area (Å²) in [7, 11) is 4.75. The largest absolute Gasteiger partial charge is 0.497 e. The maximum Gasteiger partial charge on any atom is 0.254 e. The summed E-state index contributed by atoms with van der Waals surface area (Å²) >= 11 is 0. The van der Waals surface area contributed by atoms with Crippen LogP contribution in [0.15, 0.2) is 65.3 Å². The highest BCUT2D eigenvalue weighted by Crippen LogP contribution is 2.28. The van der Waals surface area contributed by atoms with E-state index in [2.05, 4.69) is 0 Å². The molecule has 1 atom stereocenters. The molecule has 0 spiro atoms. The second kappa shape index (κ2) is 13.4. The molecule has 0 aliphatic rings. The Bertz CT molecular complexity index is 1160. The van der Waals surface area contributed by atoms with E-state index in [-0.39, 0.29) is 24.4 Å². The van der Waals surface area contributed by atoms with Crippen molar-refractivity contribution in [2.75, 3.05) is 34.4 Å². The minimum atomic E-state index is -0.209. The fourth-order valence-electron chi connectivity index (χ4n) is 4.00. The van der Waals surface area contributed by atoms with Crippen LogP contribution in [0.1, 0.15) is 41.9 Å². The monoisotopic (exact) mass is 508 g/mol. The van der Waals surface area contributed by atoms with Crippen LogP contribution >= 0.6 is 0 Å². The van der Waals surface area contributed by atoms with E-state index in [0.29, 0.717) is 54.5 Å². The molecule has 1 aromatic heterocycles. The first-order valence-electron chi connectivity index (χ1n) is 12.4. The summed E-state index contributed by atoms with van der Waals surface area (Å²) in [5.74, 6) is 2.18. The van der Waals surface area contributed by atoms with Crippen molar-refractivity contribution in [2.24, 2.45) is 0 Å². The molecule has 8 nitrogen and oxygen atoms in total. The van der Waals surface area contributed by atoms with Crippen LogP contribution in [0, 0.1) is 0 Å². The maximum atomic E-state index is 13.6. The zero-order chi connectivity index (χ0) is 26.8. The standard InChI is InChI=1S/C29H36N2O6/c1-6-21(2)31(29(33)23-9-7-10-24(18-23)34-3)20-28(32)30(19-25-11-8-16-37-25)15-14-22-12-13-26(35-4)27(17-22)36-5/h7-13,16-18,21H,6,14-15,19-20H2,1-5H3. The van der Waals surface area contributed by atoms with Gasteiger partial charge in [0.2, 0.25) is 5.91 Å². The van der Waals surface area contributed by atoms with Crippen molar-refractivity contribution in [3.05, 3.63) is 77.7 Å². The molecule has 0 aliphatic carbocycles. The third kappa shape index (κ3) is 7.29. The number of benzene rings is 2. The summed E-state index contributed by atoms with van der Waals surface area (Å²) < 4.78 is 21.6. The third-order valence-corrected chi connectivity index (χ3v) is 6.40. The van der Waals surface area contributed by atoms with E-state index in [1.807, 2.05) is 38.1 Å². The van der Waals surface area contributed by atoms with Crippen molar-refractivity contribution >= 4 is 11.8 Å². The average Bonchev–Trinajstić information content (AvgIpc) is 3.46. The summed E-state index contributed by atoms with van der Waals surface area (Å²) in [6.45, 7) is 4.65. The Morgan fingerprint density at radius 3 is 2.38 bits per heavy atom. The van der Waals surface area contributed by atoms with Gasteiger partial charge in [0, 0.05) is 18.2 Å². The van der Waals surface area contributed by atoms with Gasteiger partial charge in [-0.15, -0.1) is 0 Å². The molecule has 198 valence electrons. The summed E-state index contributed by atoms with van der Waals surface area (Å²) in [6, 6.07) is 16.2. The third-order valence-electron chi connectivity index (χ3n) is 6.40. The average molecular weight is 509 g/mol. The lowest BCUT2D eigenvalue weighted by Gasteiger charge is -2.31. The second-order valence-corrected chi connectivity index (χ2v) is 8.76. The molecule has 1 heterocycles. The molecule has 0 fully saturated rings. The molecule has 0 saturated heterocycles. The molecule has 2 aromatic carbocycles. The Morgan fingerprint density at radius 1 is 0.946 bits per heavy atom. The van der Waals surface area contributed by atoms with E-state index in [1.165, 1.54) is 0 Å². The first kappa shape index (κ1) is 27.6. The van der Waals surface area contributed by atoms with Crippen LogP contribution < -0.4 is 14.2 Å². The Hall–Kier alpha value is -3.94. The summed E-state index contributed by atoms with van der Waals surface area (Å²) in [4.78, 5) is 30.4. The minimum Gasteiger partial charge on any atom is -0.497 e. The van der Waals surface area contributed by atoms with Crippen LogP contribution in [-0.4, -0.2) is 62.1 Å². The van der Waals surface area contributed by atoms with Crippen molar-refractivity contribution in [3.63, 3.8) is 0 Å². The lowest BCUT2D eigenvalue weighted by Crippen LogP contribution is -2.46. The fourth-order valence-corrected chi connectivity index (χ4v) is 4.00. The van der Waals surface area contributed by atoms with Crippen LogP contribution in [0.25, 0.3) is 0 Å². The number of methoxy groups -OCH3 is 3. The number of nitrogens with zero attached hydrogens (tertiary/aromatic N) is 2. The number of carbonyl (C=O) groups is 2. The number of rotatable bonds is 13. The van der Waals surface area contributed by atoms with Gasteiger partial charge in [0.25, 0.3) is 5.91 Å². The van der Waals surface area contributed by atoms with Gasteiger partial charge in [0.05, 0.1) is 34.1 Å². The number of amides is 2. The van der Waals surface area contributed by atoms with Gasteiger partial charge in [-0.3, -0.25) is 9.59 Å². The van der Waals surface area contributed by atoms with E-state index in [9.17, 15) is 9.59 Å². The first-order valence-corrected chi connectivity index (χ1v) is 12.4. The molecule has 3 aromatic rings. The predicted molar refractivity (Wildman–Crippen MR) is 141 cm³/mol. The van der Waals surface area contributed by atoms with Crippen LogP contribution in [0.2, 0.25) is 0 Å². The Balaban J connectivity index is 1.80. The van der Waals surface area contributed by atoms with E-state index in [0.717, 1.165) is 5.56 Å². The van der Waals surface area contributed by atoms with Gasteiger partial charge in [0.1, 0.15) is 18.1 Å². The summed E-state index contributed by atoms with van der Waals surface area (Å²) in [5, 5.41) is 0. The van der Waals surface area contributed by atoms with Crippen LogP contribution in [0.5, 0.6) is 17.2 Å². The van der Waals surface area contributed by atoms with Crippen LogP contribution in [-0.2, 0) is 17.8 Å². The van der Waals surface area contributed by atoms with Crippen molar-refractivity contribution in [3.8, 4) is 17.2 Å². The zero-order valence-corrected chi connectivity index (χ0v) is 22.2. The number of hydrogen-bond donors (Lipinski definition) is 0. The van der Waals surface area contributed by atoms with Crippen LogP contribution in [0.3, 0.4) is 0 Å². The molecule has 0 N–H and O–H groups in total. The number of carbonyl (C=O) groups excluding carboxylic acids is 2. The van der Waals surface area contributed by atoms with E-state index >= 15 is 0 Å². The smallest absolute Gasteiger partial charge is 0.254 e. The highest BCUT2D eigenvalue weighted by molar-refractivity contribution is 5.97. The lowest BCUT2D eigenvalue weighted by molar-refractivity contribution is -0.133. The van der Waals surface area contributed by atoms with E-state index in [1.54, 1.807) is 67.7 Å². The molecule has 0 bridgehead atoms. The highest BCUT2D eigenvalue weighted by atomic mass is 16.5. The predicted octanol–water partition coefficient (Wildman–Crippen LogP) is 4.82. The maximum absolute atomic E-state index is 13.6. The number of ether oxygens (including phenoxy) is 3. The number of hydrogen-bond acceptors (Lipinski definition) is 6. The topological polar surface area (TPSA) is 81.5 Å². The van der Waals surface area contributed by atoms with Crippen LogP contribution in [0.4, 0.5) is 0 Å². The van der Waals surface area contributed by atoms with Gasteiger partial charge in [-0.1, -0.05) is 19.1 Å². The lowest BCUT2D eigenvalue weighted by atomic mass is 10.1. The molecular weight excluding hydrogens is 472 g/mol. The van der Waals surface area contributed by atoms with Gasteiger partial charge >= 0.3 is 0 Å². The molecule has 3 rings (SSSR count). The molecule has 0 radical (unpaired) electrons. The molecule has 8 heteroatoms. The normalized spacial score (nSPS) is 11.5. The summed E-state index contributed by atoms with van der Waals surface area (Å²) in [6.07, 6.45) is 2.90. The van der Waals surface area contributed by atoms with Crippen molar-refractivity contribution in [1.82, 2.24) is 9.80 Å². The zero-order valence-electron chi connectivity index (χ0n) is 22.2. The van der Waals surface area contributed by atoms with Gasteiger partial charge in [-0.2, -0.15) is 0 Å². The molecular formula is C29H36N2O6. The fraction of sp³-hybridized carbons (Fsp3) is 0.379. The molecule has 37 heavy (non-hydrogen) atoms. The molecule has 1 unspecified atom stereocenters. The van der Waals surface area contributed by atoms with Gasteiger partial charge in [-0.25, -0.2) is 0 Å². The summed E-state index contributed by atoms with van der Waals surface area (Å²) in [5.41, 5.74) is 1.48. The van der Waals surface area contributed by atoms with Gasteiger partial charge in [-0.05, 0) is 67.8 Å². The Morgan fingerprint density at radius 2 is 1.73 bits per heavy atom. The van der Waals surface area contributed by atoms with E-state index in [4.69, 9.17) is 18.6 Å². The van der Waals surface area contributed by atoms with Gasteiger partial charge in [0.15, 0.2) is 11.5 Å². The van der Waals surface area contributed by atoms with E-state index < -0.39 is 0 Å². The first-order chi connectivity index (χ1) is 17.9.